The summed E-state index contributed by atoms with van der Waals surface area (Å²) >= 11 is 0. The van der Waals surface area contributed by atoms with Gasteiger partial charge in [0.25, 0.3) is 0 Å². The van der Waals surface area contributed by atoms with Gasteiger partial charge in [0.1, 0.15) is 11.8 Å². The highest BCUT2D eigenvalue weighted by molar-refractivity contribution is 5.99. The van der Waals surface area contributed by atoms with Gasteiger partial charge in [-0.1, -0.05) is 114 Å². The second-order valence-electron chi connectivity index (χ2n) is 14.2. The van der Waals surface area contributed by atoms with E-state index in [2.05, 4.69) is 43.0 Å². The number of carbonyl (C=O) groups excluding carboxylic acids is 3. The van der Waals surface area contributed by atoms with Gasteiger partial charge in [-0.15, -0.1) is 0 Å². The molecule has 274 valence electrons. The van der Waals surface area contributed by atoms with E-state index in [1.165, 1.54) is 25.7 Å². The third-order valence-electron chi connectivity index (χ3n) is 8.95. The lowest BCUT2D eigenvalue weighted by molar-refractivity contribution is -0.143. The quantitative estimate of drug-likeness (QED) is 0.0674. The first-order valence-corrected chi connectivity index (χ1v) is 17.9. The fraction of sp³-hybridized carbons (Fsp3) is 0.381. The number of hydrogen-bond acceptors (Lipinski definition) is 7. The van der Waals surface area contributed by atoms with Crippen LogP contribution in [0.2, 0.25) is 0 Å². The van der Waals surface area contributed by atoms with Crippen molar-refractivity contribution in [3.05, 3.63) is 102 Å². The summed E-state index contributed by atoms with van der Waals surface area (Å²) in [7, 11) is 0. The fourth-order valence-electron chi connectivity index (χ4n) is 5.79. The minimum absolute atomic E-state index is 0.0930. The zero-order valence-electron chi connectivity index (χ0n) is 30.6. The van der Waals surface area contributed by atoms with E-state index < -0.39 is 36.2 Å². The first-order chi connectivity index (χ1) is 24.8. The van der Waals surface area contributed by atoms with Crippen molar-refractivity contribution in [3.8, 4) is 28.3 Å². The Balaban J connectivity index is 1.44. The third-order valence-corrected chi connectivity index (χ3v) is 8.95. The van der Waals surface area contributed by atoms with Crippen molar-refractivity contribution in [3.63, 3.8) is 0 Å². The normalized spacial score (nSPS) is 12.5. The maximum atomic E-state index is 13.4. The number of aliphatic carboxylic acids is 1. The standard InChI is InChI=1S/C42H50N4O6/c1-5-6-7-8-9-22-52-35-20-16-29(17-21-35)33-26-44-39(45-27-33)31-12-10-28(11-13-31)23-32(40(49)46-36(41(50)51)25-38(43)48)24-37(47)30-14-18-34(19-15-30)42(2,3)4/h10-21,26-27,32,36H,5-9,22-25H2,1-4H3,(H2,43,48)(H,46,49)(H,50,51)/t32-,36+/m1/s1. The third kappa shape index (κ3) is 11.9. The second kappa shape index (κ2) is 18.7. The van der Waals surface area contributed by atoms with E-state index in [0.29, 0.717) is 18.0 Å². The summed E-state index contributed by atoms with van der Waals surface area (Å²) in [5.41, 5.74) is 10.0. The molecule has 10 nitrogen and oxygen atoms in total. The van der Waals surface area contributed by atoms with Crippen LogP contribution in [0.5, 0.6) is 5.75 Å². The molecule has 52 heavy (non-hydrogen) atoms. The van der Waals surface area contributed by atoms with E-state index in [4.69, 9.17) is 10.5 Å². The van der Waals surface area contributed by atoms with E-state index in [9.17, 15) is 24.3 Å². The Labute approximate surface area is 306 Å². The van der Waals surface area contributed by atoms with Crippen LogP contribution in [0.15, 0.2) is 85.2 Å². The van der Waals surface area contributed by atoms with Gasteiger partial charge in [-0.2, -0.15) is 0 Å². The number of nitrogens with one attached hydrogen (secondary N) is 1. The summed E-state index contributed by atoms with van der Waals surface area (Å²) in [5.74, 6) is -2.71. The number of nitrogens with two attached hydrogens (primary N) is 1. The molecular weight excluding hydrogens is 656 g/mol. The van der Waals surface area contributed by atoms with Gasteiger partial charge in [0.15, 0.2) is 11.6 Å². The summed E-state index contributed by atoms with van der Waals surface area (Å²) in [6, 6.07) is 21.0. The summed E-state index contributed by atoms with van der Waals surface area (Å²) in [4.78, 5) is 59.2. The summed E-state index contributed by atoms with van der Waals surface area (Å²) < 4.78 is 5.88. The van der Waals surface area contributed by atoms with Crippen molar-refractivity contribution in [1.29, 1.82) is 0 Å². The maximum absolute atomic E-state index is 13.4. The largest absolute Gasteiger partial charge is 0.494 e. The van der Waals surface area contributed by atoms with Crippen LogP contribution in [0.4, 0.5) is 0 Å². The van der Waals surface area contributed by atoms with E-state index in [1.807, 2.05) is 60.7 Å². The minimum Gasteiger partial charge on any atom is -0.494 e. The highest BCUT2D eigenvalue weighted by Crippen LogP contribution is 2.26. The number of Topliss-reactive ketones (excluding diaryl/α,β-unsaturated/α-hetero) is 1. The molecule has 0 radical (unpaired) electrons. The minimum atomic E-state index is -1.51. The van der Waals surface area contributed by atoms with Crippen LogP contribution >= 0.6 is 0 Å². The van der Waals surface area contributed by atoms with Gasteiger partial charge in [0, 0.05) is 41.4 Å². The van der Waals surface area contributed by atoms with Crippen LogP contribution < -0.4 is 15.8 Å². The smallest absolute Gasteiger partial charge is 0.326 e. The van der Waals surface area contributed by atoms with Gasteiger partial charge in [-0.3, -0.25) is 14.4 Å². The highest BCUT2D eigenvalue weighted by Gasteiger charge is 2.29. The molecule has 0 spiro atoms. The fourth-order valence-corrected chi connectivity index (χ4v) is 5.79. The molecular formula is C42H50N4O6. The van der Waals surface area contributed by atoms with Crippen molar-refractivity contribution in [2.24, 2.45) is 11.7 Å². The molecule has 1 aromatic heterocycles. The molecule has 4 rings (SSSR count). The molecule has 0 saturated carbocycles. The van der Waals surface area contributed by atoms with Crippen LogP contribution in [0, 0.1) is 5.92 Å². The number of nitrogens with zero attached hydrogens (tertiary/aromatic N) is 2. The Morgan fingerprint density at radius 2 is 1.40 bits per heavy atom. The predicted octanol–water partition coefficient (Wildman–Crippen LogP) is 7.33. The van der Waals surface area contributed by atoms with E-state index in [-0.39, 0.29) is 24.0 Å². The number of ether oxygens (including phenoxy) is 1. The molecule has 0 unspecified atom stereocenters. The molecule has 0 fully saturated rings. The molecule has 2 amide bonds. The first kappa shape index (κ1) is 39.4. The molecule has 0 bridgehead atoms. The number of benzene rings is 3. The Hall–Kier alpha value is -5.38. The van der Waals surface area contributed by atoms with Crippen LogP contribution in [-0.4, -0.2) is 51.3 Å². The average Bonchev–Trinajstić information content (AvgIpc) is 3.12. The van der Waals surface area contributed by atoms with Crippen molar-refractivity contribution in [2.75, 3.05) is 6.61 Å². The Morgan fingerprint density at radius 3 is 1.98 bits per heavy atom. The summed E-state index contributed by atoms with van der Waals surface area (Å²) in [6.45, 7) is 9.15. The molecule has 4 N–H and O–H groups in total. The predicted molar refractivity (Wildman–Crippen MR) is 202 cm³/mol. The van der Waals surface area contributed by atoms with Crippen LogP contribution in [0.3, 0.4) is 0 Å². The van der Waals surface area contributed by atoms with E-state index >= 15 is 0 Å². The average molecular weight is 707 g/mol. The second-order valence-corrected chi connectivity index (χ2v) is 14.2. The lowest BCUT2D eigenvalue weighted by Crippen LogP contribution is -2.46. The van der Waals surface area contributed by atoms with Crippen molar-refractivity contribution >= 4 is 23.6 Å². The molecule has 3 aromatic carbocycles. The van der Waals surface area contributed by atoms with Gasteiger partial charge in [-0.25, -0.2) is 14.8 Å². The SMILES string of the molecule is CCCCCCCOc1ccc(-c2cnc(-c3ccc(C[C@H](CC(=O)c4ccc(C(C)(C)C)cc4)C(=O)N[C@@H](CC(N)=O)C(=O)O)cc3)nc2)cc1. The number of amides is 2. The van der Waals surface area contributed by atoms with Gasteiger partial charge >= 0.3 is 5.97 Å². The molecule has 0 aliphatic heterocycles. The Bertz CT molecular complexity index is 1780. The number of ketones is 1. The van der Waals surface area contributed by atoms with Crippen molar-refractivity contribution in [1.82, 2.24) is 15.3 Å². The molecule has 1 heterocycles. The first-order valence-electron chi connectivity index (χ1n) is 17.9. The topological polar surface area (TPSA) is 162 Å². The number of carboxylic acids is 1. The molecule has 4 aromatic rings. The number of primary amides is 1. The monoisotopic (exact) mass is 706 g/mol. The number of hydrogen-bond donors (Lipinski definition) is 3. The van der Waals surface area contributed by atoms with Crippen LogP contribution in [-0.2, 0) is 26.2 Å². The van der Waals surface area contributed by atoms with E-state index in [0.717, 1.165) is 40.0 Å². The molecule has 0 aliphatic rings. The van der Waals surface area contributed by atoms with Gasteiger partial charge in [0.2, 0.25) is 11.8 Å². The van der Waals surface area contributed by atoms with Gasteiger partial charge < -0.3 is 20.9 Å². The summed E-state index contributed by atoms with van der Waals surface area (Å²) in [5, 5.41) is 12.0. The lowest BCUT2D eigenvalue weighted by atomic mass is 9.85. The number of unbranched alkanes of at least 4 members (excludes halogenated alkanes) is 4. The van der Waals surface area contributed by atoms with Crippen molar-refractivity contribution in [2.45, 2.75) is 90.5 Å². The highest BCUT2D eigenvalue weighted by atomic mass is 16.5. The van der Waals surface area contributed by atoms with Crippen LogP contribution in [0.1, 0.15) is 94.1 Å². The molecule has 10 heteroatoms. The maximum Gasteiger partial charge on any atom is 0.326 e. The number of carbonyl (C=O) groups is 4. The Morgan fingerprint density at radius 1 is 0.788 bits per heavy atom. The zero-order chi connectivity index (χ0) is 37.7. The number of aromatic nitrogens is 2. The van der Waals surface area contributed by atoms with Crippen LogP contribution in [0.25, 0.3) is 22.5 Å². The summed E-state index contributed by atoms with van der Waals surface area (Å²) in [6.07, 6.45) is 8.91. The molecule has 0 aliphatic carbocycles. The Kier molecular flexibility index (Phi) is 14.2. The molecule has 2 atom stereocenters. The lowest BCUT2D eigenvalue weighted by Gasteiger charge is -2.21. The van der Waals surface area contributed by atoms with E-state index in [1.54, 1.807) is 24.5 Å². The van der Waals surface area contributed by atoms with Gasteiger partial charge in [-0.05, 0) is 47.1 Å². The van der Waals surface area contributed by atoms with Gasteiger partial charge in [0.05, 0.1) is 13.0 Å². The molecule has 0 saturated heterocycles. The number of carboxylic acid groups (broad SMARTS) is 1. The number of rotatable bonds is 19. The zero-order valence-corrected chi connectivity index (χ0v) is 30.6. The van der Waals surface area contributed by atoms with Crippen molar-refractivity contribution < 1.29 is 29.0 Å².